The maximum absolute atomic E-state index is 9.06. The molecule has 0 saturated heterocycles. The van der Waals surface area contributed by atoms with Gasteiger partial charge in [0.1, 0.15) is 18.0 Å². The van der Waals surface area contributed by atoms with E-state index in [9.17, 15) is 0 Å². The van der Waals surface area contributed by atoms with Crippen LogP contribution in [0, 0.1) is 6.92 Å². The van der Waals surface area contributed by atoms with Crippen molar-refractivity contribution in [1.29, 1.82) is 0 Å². The Hall–Kier alpha value is -1.40. The second kappa shape index (κ2) is 4.90. The van der Waals surface area contributed by atoms with Crippen LogP contribution >= 0.6 is 0 Å². The zero-order valence-electron chi connectivity index (χ0n) is 9.23. The molecule has 0 spiro atoms. The number of likely N-dealkylation sites (N-methyl/N-ethyl adjacent to an activating group) is 1. The SMILES string of the molecule is Cc1c(NN)ncnc1N(C)C(C)CO. The van der Waals surface area contributed by atoms with E-state index in [-0.39, 0.29) is 12.6 Å². The number of nitrogens with one attached hydrogen (secondary N) is 1. The lowest BCUT2D eigenvalue weighted by molar-refractivity contribution is 0.269. The number of hydrogen-bond donors (Lipinski definition) is 3. The van der Waals surface area contributed by atoms with E-state index in [4.69, 9.17) is 10.9 Å². The predicted molar refractivity (Wildman–Crippen MR) is 59.5 cm³/mol. The van der Waals surface area contributed by atoms with Gasteiger partial charge in [0.25, 0.3) is 0 Å². The van der Waals surface area contributed by atoms with Crippen LogP contribution < -0.4 is 16.2 Å². The van der Waals surface area contributed by atoms with E-state index < -0.39 is 0 Å². The van der Waals surface area contributed by atoms with Crippen molar-refractivity contribution in [3.8, 4) is 0 Å². The Labute approximate surface area is 89.1 Å². The maximum atomic E-state index is 9.06. The third kappa shape index (κ3) is 2.34. The second-order valence-electron chi connectivity index (χ2n) is 3.46. The summed E-state index contributed by atoms with van der Waals surface area (Å²) in [6, 6.07) is 0.00391. The van der Waals surface area contributed by atoms with Crippen molar-refractivity contribution in [1.82, 2.24) is 9.97 Å². The number of nitrogens with two attached hydrogens (primary N) is 1. The Morgan fingerprint density at radius 3 is 2.80 bits per heavy atom. The van der Waals surface area contributed by atoms with Crippen LogP contribution in [0.1, 0.15) is 12.5 Å². The molecule has 0 aliphatic carbocycles. The molecule has 1 rings (SSSR count). The number of hydrazine groups is 1. The molecule has 1 aromatic heterocycles. The smallest absolute Gasteiger partial charge is 0.148 e. The van der Waals surface area contributed by atoms with Crippen LogP contribution in [0.25, 0.3) is 0 Å². The third-order valence-electron chi connectivity index (χ3n) is 2.45. The summed E-state index contributed by atoms with van der Waals surface area (Å²) in [5.41, 5.74) is 3.37. The highest BCUT2D eigenvalue weighted by atomic mass is 16.3. The molecule has 0 aromatic carbocycles. The van der Waals surface area contributed by atoms with Crippen LogP contribution in [0.4, 0.5) is 11.6 Å². The van der Waals surface area contributed by atoms with Gasteiger partial charge >= 0.3 is 0 Å². The van der Waals surface area contributed by atoms with Crippen LogP contribution in [0.15, 0.2) is 6.33 Å². The van der Waals surface area contributed by atoms with E-state index >= 15 is 0 Å². The van der Waals surface area contributed by atoms with Crippen LogP contribution in [-0.4, -0.2) is 34.8 Å². The molecule has 0 fully saturated rings. The van der Waals surface area contributed by atoms with E-state index in [2.05, 4.69) is 15.4 Å². The highest BCUT2D eigenvalue weighted by Crippen LogP contribution is 2.21. The largest absolute Gasteiger partial charge is 0.394 e. The number of rotatable bonds is 4. The lowest BCUT2D eigenvalue weighted by Gasteiger charge is -2.25. The zero-order chi connectivity index (χ0) is 11.4. The van der Waals surface area contributed by atoms with Gasteiger partial charge in [-0.1, -0.05) is 0 Å². The first-order valence-electron chi connectivity index (χ1n) is 4.73. The van der Waals surface area contributed by atoms with Gasteiger partial charge in [-0.15, -0.1) is 0 Å². The minimum Gasteiger partial charge on any atom is -0.394 e. The minimum atomic E-state index is 0.00391. The Balaban J connectivity index is 3.03. The lowest BCUT2D eigenvalue weighted by atomic mass is 10.2. The van der Waals surface area contributed by atoms with Crippen LogP contribution in [0.3, 0.4) is 0 Å². The monoisotopic (exact) mass is 211 g/mol. The molecular formula is C9H17N5O. The molecule has 1 atom stereocenters. The Bertz CT molecular complexity index is 330. The molecule has 84 valence electrons. The zero-order valence-corrected chi connectivity index (χ0v) is 9.23. The standard InChI is InChI=1S/C9H17N5O/c1-6(4-15)14(3)9-7(2)8(13-10)11-5-12-9/h5-6,15H,4,10H2,1-3H3,(H,11,12,13). The summed E-state index contributed by atoms with van der Waals surface area (Å²) >= 11 is 0. The molecule has 0 aliphatic rings. The van der Waals surface area contributed by atoms with Crippen molar-refractivity contribution in [2.75, 3.05) is 24.0 Å². The van der Waals surface area contributed by atoms with Gasteiger partial charge in [-0.25, -0.2) is 15.8 Å². The number of aliphatic hydroxyl groups is 1. The fourth-order valence-electron chi connectivity index (χ4n) is 1.27. The summed E-state index contributed by atoms with van der Waals surface area (Å²) in [4.78, 5) is 10.0. The number of anilines is 2. The number of aromatic nitrogens is 2. The summed E-state index contributed by atoms with van der Waals surface area (Å²) < 4.78 is 0. The molecule has 1 aromatic rings. The van der Waals surface area contributed by atoms with Crippen LogP contribution in [0.2, 0.25) is 0 Å². The molecule has 6 heteroatoms. The fourth-order valence-corrected chi connectivity index (χ4v) is 1.27. The number of aliphatic hydroxyl groups excluding tert-OH is 1. The molecule has 1 heterocycles. The predicted octanol–water partition coefficient (Wildman–Crippen LogP) is -0.112. The van der Waals surface area contributed by atoms with Crippen LogP contribution in [0.5, 0.6) is 0 Å². The first-order chi connectivity index (χ1) is 7.11. The maximum Gasteiger partial charge on any atom is 0.148 e. The third-order valence-corrected chi connectivity index (χ3v) is 2.45. The molecule has 15 heavy (non-hydrogen) atoms. The van der Waals surface area contributed by atoms with E-state index in [1.54, 1.807) is 0 Å². The van der Waals surface area contributed by atoms with Gasteiger partial charge in [-0.2, -0.15) is 0 Å². The summed E-state index contributed by atoms with van der Waals surface area (Å²) in [7, 11) is 1.87. The van der Waals surface area contributed by atoms with Crippen molar-refractivity contribution in [3.05, 3.63) is 11.9 Å². The molecule has 0 bridgehead atoms. The molecule has 0 saturated carbocycles. The first kappa shape index (κ1) is 11.7. The van der Waals surface area contributed by atoms with Gasteiger partial charge in [-0.3, -0.25) is 0 Å². The van der Waals surface area contributed by atoms with Gasteiger partial charge in [0.15, 0.2) is 0 Å². The Kier molecular flexibility index (Phi) is 3.81. The quantitative estimate of drug-likeness (QED) is 0.475. The van der Waals surface area contributed by atoms with Crippen molar-refractivity contribution in [2.24, 2.45) is 5.84 Å². The summed E-state index contributed by atoms with van der Waals surface area (Å²) in [5.74, 6) is 6.68. The van der Waals surface area contributed by atoms with Gasteiger partial charge in [-0.05, 0) is 13.8 Å². The number of nitrogens with zero attached hydrogens (tertiary/aromatic N) is 3. The average Bonchev–Trinajstić information content (AvgIpc) is 2.27. The number of nitrogen functional groups attached to an aromatic ring is 1. The lowest BCUT2D eigenvalue weighted by Crippen LogP contribution is -2.33. The number of hydrogen-bond acceptors (Lipinski definition) is 6. The van der Waals surface area contributed by atoms with Crippen molar-refractivity contribution in [2.45, 2.75) is 19.9 Å². The van der Waals surface area contributed by atoms with E-state index in [0.717, 1.165) is 11.4 Å². The highest BCUT2D eigenvalue weighted by Gasteiger charge is 2.14. The topological polar surface area (TPSA) is 87.3 Å². The van der Waals surface area contributed by atoms with E-state index in [0.29, 0.717) is 5.82 Å². The molecule has 1 unspecified atom stereocenters. The minimum absolute atomic E-state index is 0.00391. The fraction of sp³-hybridized carbons (Fsp3) is 0.556. The van der Waals surface area contributed by atoms with Crippen molar-refractivity contribution < 1.29 is 5.11 Å². The first-order valence-corrected chi connectivity index (χ1v) is 4.73. The molecular weight excluding hydrogens is 194 g/mol. The van der Waals surface area contributed by atoms with Crippen LogP contribution in [-0.2, 0) is 0 Å². The highest BCUT2D eigenvalue weighted by molar-refractivity contribution is 5.57. The van der Waals surface area contributed by atoms with Gasteiger partial charge < -0.3 is 15.4 Å². The summed E-state index contributed by atoms with van der Waals surface area (Å²) in [5, 5.41) is 9.06. The van der Waals surface area contributed by atoms with Gasteiger partial charge in [0, 0.05) is 12.6 Å². The van der Waals surface area contributed by atoms with E-state index in [1.165, 1.54) is 6.33 Å². The molecule has 4 N–H and O–H groups in total. The summed E-state index contributed by atoms with van der Waals surface area (Å²) in [6.45, 7) is 3.87. The molecule has 0 aliphatic heterocycles. The van der Waals surface area contributed by atoms with Gasteiger partial charge in [0.2, 0.25) is 0 Å². The van der Waals surface area contributed by atoms with E-state index in [1.807, 2.05) is 25.8 Å². The Morgan fingerprint density at radius 1 is 1.60 bits per heavy atom. The van der Waals surface area contributed by atoms with Gasteiger partial charge in [0.05, 0.1) is 12.6 Å². The molecule has 0 amide bonds. The second-order valence-corrected chi connectivity index (χ2v) is 3.46. The van der Waals surface area contributed by atoms with Crippen molar-refractivity contribution >= 4 is 11.6 Å². The molecule has 6 nitrogen and oxygen atoms in total. The normalized spacial score (nSPS) is 12.3. The average molecular weight is 211 g/mol. The molecule has 0 radical (unpaired) electrons. The Morgan fingerprint density at radius 2 is 2.27 bits per heavy atom. The van der Waals surface area contributed by atoms with Crippen molar-refractivity contribution in [3.63, 3.8) is 0 Å². The summed E-state index contributed by atoms with van der Waals surface area (Å²) in [6.07, 6.45) is 1.44.